The van der Waals surface area contributed by atoms with Crippen LogP contribution >= 0.6 is 0 Å². The van der Waals surface area contributed by atoms with Gasteiger partial charge in [-0.2, -0.15) is 4.31 Å². The smallest absolute Gasteiger partial charge is 0.227 e. The fourth-order valence-corrected chi connectivity index (χ4v) is 4.94. The topological polar surface area (TPSA) is 60.9 Å². The molecule has 0 radical (unpaired) electrons. The van der Waals surface area contributed by atoms with Crippen molar-refractivity contribution in [3.05, 3.63) is 23.8 Å². The Bertz CT molecular complexity index is 725. The summed E-state index contributed by atoms with van der Waals surface area (Å²) >= 11 is 0. The highest BCUT2D eigenvalue weighted by molar-refractivity contribution is 7.89. The van der Waals surface area contributed by atoms with Gasteiger partial charge in [-0.15, -0.1) is 0 Å². The molecule has 132 valence electrons. The van der Waals surface area contributed by atoms with E-state index in [1.54, 1.807) is 9.21 Å². The van der Waals surface area contributed by atoms with Crippen LogP contribution < -0.4 is 9.80 Å². The third-order valence-corrected chi connectivity index (χ3v) is 6.94. The van der Waals surface area contributed by atoms with Gasteiger partial charge in [0.1, 0.15) is 0 Å². The third-order valence-electron chi connectivity index (χ3n) is 4.87. The second kappa shape index (κ2) is 6.72. The fourth-order valence-electron chi connectivity index (χ4n) is 3.45. The lowest BCUT2D eigenvalue weighted by Gasteiger charge is -2.36. The minimum atomic E-state index is -3.10. The van der Waals surface area contributed by atoms with E-state index in [4.69, 9.17) is 0 Å². The van der Waals surface area contributed by atoms with Gasteiger partial charge in [-0.1, -0.05) is 6.92 Å². The second-order valence-electron chi connectivity index (χ2n) is 6.47. The second-order valence-corrected chi connectivity index (χ2v) is 8.56. The van der Waals surface area contributed by atoms with Crippen LogP contribution in [-0.2, 0) is 21.2 Å². The molecule has 0 aliphatic carbocycles. The predicted octanol–water partition coefficient (Wildman–Crippen LogP) is 1.46. The van der Waals surface area contributed by atoms with Gasteiger partial charge >= 0.3 is 0 Å². The summed E-state index contributed by atoms with van der Waals surface area (Å²) in [5, 5.41) is 0. The SMILES string of the molecule is CCCS(=O)(=O)N1CCN(c2ccc3c(c2)CCC(=O)N3C)CC1. The van der Waals surface area contributed by atoms with Crippen molar-refractivity contribution in [2.75, 3.05) is 48.8 Å². The van der Waals surface area contributed by atoms with Crippen LogP contribution in [0.5, 0.6) is 0 Å². The summed E-state index contributed by atoms with van der Waals surface area (Å²) in [6, 6.07) is 6.18. The van der Waals surface area contributed by atoms with Crippen molar-refractivity contribution in [3.8, 4) is 0 Å². The number of carbonyl (C=O) groups is 1. The summed E-state index contributed by atoms with van der Waals surface area (Å²) < 4.78 is 25.9. The van der Waals surface area contributed by atoms with E-state index in [0.29, 0.717) is 39.0 Å². The van der Waals surface area contributed by atoms with Crippen molar-refractivity contribution in [2.24, 2.45) is 0 Å². The molecule has 7 heteroatoms. The van der Waals surface area contributed by atoms with E-state index in [1.807, 2.05) is 26.1 Å². The lowest BCUT2D eigenvalue weighted by atomic mass is 10.0. The molecule has 6 nitrogen and oxygen atoms in total. The molecule has 1 saturated heterocycles. The highest BCUT2D eigenvalue weighted by Gasteiger charge is 2.27. The lowest BCUT2D eigenvalue weighted by Crippen LogP contribution is -2.49. The molecule has 0 atom stereocenters. The Kier molecular flexibility index (Phi) is 4.83. The summed E-state index contributed by atoms with van der Waals surface area (Å²) in [7, 11) is -1.29. The van der Waals surface area contributed by atoms with Crippen molar-refractivity contribution < 1.29 is 13.2 Å². The minimum absolute atomic E-state index is 0.157. The molecule has 0 aromatic heterocycles. The molecule has 0 spiro atoms. The Labute approximate surface area is 144 Å². The maximum absolute atomic E-state index is 12.2. The highest BCUT2D eigenvalue weighted by atomic mass is 32.2. The van der Waals surface area contributed by atoms with Gasteiger partial charge in [0.25, 0.3) is 0 Å². The van der Waals surface area contributed by atoms with Crippen LogP contribution in [0, 0.1) is 0 Å². The number of anilines is 2. The summed E-state index contributed by atoms with van der Waals surface area (Å²) in [5.74, 6) is 0.386. The normalized spacial score (nSPS) is 19.5. The first-order chi connectivity index (χ1) is 11.4. The molecule has 0 N–H and O–H groups in total. The van der Waals surface area contributed by atoms with E-state index >= 15 is 0 Å². The summed E-state index contributed by atoms with van der Waals surface area (Å²) in [5.41, 5.74) is 3.29. The number of benzene rings is 1. The molecule has 0 saturated carbocycles. The molecule has 2 aliphatic heterocycles. The average molecular weight is 351 g/mol. The van der Waals surface area contributed by atoms with Gasteiger partial charge < -0.3 is 9.80 Å². The summed E-state index contributed by atoms with van der Waals surface area (Å²) in [6.45, 7) is 4.38. The van der Waals surface area contributed by atoms with Gasteiger partial charge in [0, 0.05) is 51.0 Å². The number of hydrogen-bond donors (Lipinski definition) is 0. The zero-order chi connectivity index (χ0) is 17.3. The number of sulfonamides is 1. The molecule has 0 bridgehead atoms. The number of piperazine rings is 1. The van der Waals surface area contributed by atoms with Crippen molar-refractivity contribution in [3.63, 3.8) is 0 Å². The minimum Gasteiger partial charge on any atom is -0.369 e. The van der Waals surface area contributed by atoms with E-state index in [-0.39, 0.29) is 11.7 Å². The van der Waals surface area contributed by atoms with Gasteiger partial charge in [0.05, 0.1) is 5.75 Å². The Morgan fingerprint density at radius 1 is 1.08 bits per heavy atom. The van der Waals surface area contributed by atoms with E-state index in [2.05, 4.69) is 11.0 Å². The van der Waals surface area contributed by atoms with E-state index in [9.17, 15) is 13.2 Å². The van der Waals surface area contributed by atoms with Crippen molar-refractivity contribution in [2.45, 2.75) is 26.2 Å². The first-order valence-electron chi connectivity index (χ1n) is 8.54. The molecule has 1 aromatic rings. The number of aryl methyl sites for hydroxylation is 1. The molecule has 1 aromatic carbocycles. The van der Waals surface area contributed by atoms with Crippen molar-refractivity contribution in [1.82, 2.24) is 4.31 Å². The Hall–Kier alpha value is -1.60. The van der Waals surface area contributed by atoms with Gasteiger partial charge in [-0.05, 0) is 36.6 Å². The zero-order valence-electron chi connectivity index (χ0n) is 14.4. The van der Waals surface area contributed by atoms with Crippen molar-refractivity contribution in [1.29, 1.82) is 0 Å². The largest absolute Gasteiger partial charge is 0.369 e. The van der Waals surface area contributed by atoms with Crippen LogP contribution in [0.3, 0.4) is 0 Å². The van der Waals surface area contributed by atoms with Crippen LogP contribution in [0.1, 0.15) is 25.3 Å². The molecule has 1 amide bonds. The highest BCUT2D eigenvalue weighted by Crippen LogP contribution is 2.31. The molecule has 24 heavy (non-hydrogen) atoms. The monoisotopic (exact) mass is 351 g/mol. The summed E-state index contributed by atoms with van der Waals surface area (Å²) in [4.78, 5) is 15.7. The molecule has 3 rings (SSSR count). The molecular formula is C17H25N3O3S. The number of rotatable bonds is 4. The van der Waals surface area contributed by atoms with Gasteiger partial charge in [0.15, 0.2) is 0 Å². The van der Waals surface area contributed by atoms with Crippen LogP contribution in [-0.4, -0.2) is 57.6 Å². The van der Waals surface area contributed by atoms with Crippen LogP contribution in [0.2, 0.25) is 0 Å². The Morgan fingerprint density at radius 3 is 2.46 bits per heavy atom. The first-order valence-corrected chi connectivity index (χ1v) is 10.2. The number of fused-ring (bicyclic) bond motifs is 1. The number of hydrogen-bond acceptors (Lipinski definition) is 4. The summed E-state index contributed by atoms with van der Waals surface area (Å²) in [6.07, 6.45) is 1.98. The third kappa shape index (κ3) is 3.28. The number of amides is 1. The van der Waals surface area contributed by atoms with Crippen LogP contribution in [0.4, 0.5) is 11.4 Å². The Balaban J connectivity index is 1.70. The molecule has 2 heterocycles. The van der Waals surface area contributed by atoms with E-state index in [0.717, 1.165) is 17.8 Å². The van der Waals surface area contributed by atoms with Gasteiger partial charge in [-0.3, -0.25) is 4.79 Å². The van der Waals surface area contributed by atoms with Gasteiger partial charge in [-0.25, -0.2) is 8.42 Å². The zero-order valence-corrected chi connectivity index (χ0v) is 15.2. The lowest BCUT2D eigenvalue weighted by molar-refractivity contribution is -0.118. The first kappa shape index (κ1) is 17.2. The van der Waals surface area contributed by atoms with Crippen LogP contribution in [0.25, 0.3) is 0 Å². The fraction of sp³-hybridized carbons (Fsp3) is 0.588. The molecule has 2 aliphatic rings. The maximum atomic E-state index is 12.2. The quantitative estimate of drug-likeness (QED) is 0.824. The van der Waals surface area contributed by atoms with Crippen LogP contribution in [0.15, 0.2) is 18.2 Å². The Morgan fingerprint density at radius 2 is 1.79 bits per heavy atom. The van der Waals surface area contributed by atoms with E-state index in [1.165, 1.54) is 5.56 Å². The predicted molar refractivity (Wildman–Crippen MR) is 96.0 cm³/mol. The maximum Gasteiger partial charge on any atom is 0.227 e. The van der Waals surface area contributed by atoms with Crippen molar-refractivity contribution >= 4 is 27.3 Å². The molecule has 0 unspecified atom stereocenters. The molecular weight excluding hydrogens is 326 g/mol. The standard InChI is InChI=1S/C17H25N3O3S/c1-3-12-24(22,23)20-10-8-19(9-11-20)15-5-6-16-14(13-15)4-7-17(21)18(16)2/h5-6,13H,3-4,7-12H2,1-2H3. The number of carbonyl (C=O) groups excluding carboxylic acids is 1. The van der Waals surface area contributed by atoms with Gasteiger partial charge in [0.2, 0.25) is 15.9 Å². The average Bonchev–Trinajstić information content (AvgIpc) is 2.58. The van der Waals surface area contributed by atoms with E-state index < -0.39 is 10.0 Å². The molecule has 1 fully saturated rings. The number of nitrogens with zero attached hydrogens (tertiary/aromatic N) is 3.